The van der Waals surface area contributed by atoms with Crippen molar-refractivity contribution in [1.82, 2.24) is 14.8 Å². The van der Waals surface area contributed by atoms with Crippen LogP contribution in [0, 0.1) is 5.41 Å². The highest BCUT2D eigenvalue weighted by Crippen LogP contribution is 2.49. The molecule has 0 radical (unpaired) electrons. The first-order valence-electron chi connectivity index (χ1n) is 10.7. The van der Waals surface area contributed by atoms with Gasteiger partial charge in [0, 0.05) is 37.1 Å². The molecule has 7 heteroatoms. The van der Waals surface area contributed by atoms with Crippen LogP contribution in [0.4, 0.5) is 0 Å². The van der Waals surface area contributed by atoms with Crippen molar-refractivity contribution >= 4 is 11.8 Å². The maximum absolute atomic E-state index is 12.9. The number of hydrogen-bond donors (Lipinski definition) is 1. The predicted octanol–water partition coefficient (Wildman–Crippen LogP) is 2.98. The highest BCUT2D eigenvalue weighted by molar-refractivity contribution is 5.95. The van der Waals surface area contributed by atoms with Crippen LogP contribution in [0.15, 0.2) is 42.7 Å². The third kappa shape index (κ3) is 3.22. The summed E-state index contributed by atoms with van der Waals surface area (Å²) < 4.78 is 12.7. The van der Waals surface area contributed by atoms with Crippen molar-refractivity contribution in [1.29, 1.82) is 0 Å². The highest BCUT2D eigenvalue weighted by atomic mass is 16.7. The number of nitrogens with one attached hydrogen (secondary N) is 1. The lowest BCUT2D eigenvalue weighted by Crippen LogP contribution is -2.59. The molecule has 3 heterocycles. The van der Waals surface area contributed by atoms with Crippen LogP contribution in [-0.2, 0) is 4.79 Å². The van der Waals surface area contributed by atoms with Gasteiger partial charge in [-0.3, -0.25) is 9.59 Å². The molecule has 30 heavy (non-hydrogen) atoms. The normalized spacial score (nSPS) is 22.4. The van der Waals surface area contributed by atoms with Gasteiger partial charge in [0.25, 0.3) is 5.91 Å². The zero-order valence-electron chi connectivity index (χ0n) is 17.2. The molecule has 1 spiro atoms. The molecule has 1 aromatic carbocycles. The Kier molecular flexibility index (Phi) is 4.68. The first kappa shape index (κ1) is 19.0. The minimum atomic E-state index is -0.183. The molecule has 0 bridgehead atoms. The molecule has 1 aliphatic carbocycles. The second kappa shape index (κ2) is 7.38. The molecule has 5 rings (SSSR count). The van der Waals surface area contributed by atoms with E-state index in [-0.39, 0.29) is 36.1 Å². The molecular formula is C23H27N3O4. The van der Waals surface area contributed by atoms with E-state index in [4.69, 9.17) is 9.47 Å². The number of benzene rings is 1. The largest absolute Gasteiger partial charge is 0.454 e. The monoisotopic (exact) mass is 409 g/mol. The van der Waals surface area contributed by atoms with Gasteiger partial charge >= 0.3 is 0 Å². The maximum Gasteiger partial charge on any atom is 0.251 e. The number of piperidine rings is 1. The fourth-order valence-electron chi connectivity index (χ4n) is 4.97. The van der Waals surface area contributed by atoms with Gasteiger partial charge in [-0.1, -0.05) is 0 Å². The van der Waals surface area contributed by atoms with E-state index in [0.29, 0.717) is 17.1 Å². The van der Waals surface area contributed by atoms with E-state index in [1.54, 1.807) is 18.2 Å². The predicted molar refractivity (Wildman–Crippen MR) is 110 cm³/mol. The van der Waals surface area contributed by atoms with Crippen molar-refractivity contribution in [2.45, 2.75) is 44.7 Å². The van der Waals surface area contributed by atoms with Crippen molar-refractivity contribution in [2.75, 3.05) is 19.9 Å². The lowest BCUT2D eigenvalue weighted by Gasteiger charge is -2.54. The number of likely N-dealkylation sites (tertiary alicyclic amines) is 1. The van der Waals surface area contributed by atoms with E-state index < -0.39 is 0 Å². The summed E-state index contributed by atoms with van der Waals surface area (Å²) in [5.74, 6) is 1.39. The summed E-state index contributed by atoms with van der Waals surface area (Å²) in [6.07, 6.45) is 7.83. The Labute approximate surface area is 175 Å². The van der Waals surface area contributed by atoms with Gasteiger partial charge in [-0.2, -0.15) is 0 Å². The molecule has 2 unspecified atom stereocenters. The number of amides is 2. The third-order valence-electron chi connectivity index (χ3n) is 7.11. The number of aromatic nitrogens is 1. The van der Waals surface area contributed by atoms with Crippen LogP contribution in [0.2, 0.25) is 0 Å². The van der Waals surface area contributed by atoms with Crippen molar-refractivity contribution in [3.05, 3.63) is 48.3 Å². The molecule has 1 aromatic heterocycles. The van der Waals surface area contributed by atoms with Crippen LogP contribution < -0.4 is 14.8 Å². The van der Waals surface area contributed by atoms with E-state index in [9.17, 15) is 9.59 Å². The van der Waals surface area contributed by atoms with Crippen LogP contribution in [-0.4, -0.2) is 47.2 Å². The average molecular weight is 409 g/mol. The van der Waals surface area contributed by atoms with Crippen molar-refractivity contribution in [2.24, 2.45) is 5.41 Å². The lowest BCUT2D eigenvalue weighted by molar-refractivity contribution is -0.138. The van der Waals surface area contributed by atoms with Gasteiger partial charge in [0.05, 0.1) is 0 Å². The van der Waals surface area contributed by atoms with E-state index in [0.717, 1.165) is 38.8 Å². The van der Waals surface area contributed by atoms with E-state index in [2.05, 4.69) is 5.32 Å². The Hall–Kier alpha value is -2.96. The second-order valence-corrected chi connectivity index (χ2v) is 8.63. The summed E-state index contributed by atoms with van der Waals surface area (Å²) in [6, 6.07) is 9.16. The Morgan fingerprint density at radius 1 is 1.10 bits per heavy atom. The van der Waals surface area contributed by atoms with Crippen LogP contribution in [0.3, 0.4) is 0 Å². The number of hydrogen-bond acceptors (Lipinski definition) is 4. The number of rotatable bonds is 4. The molecule has 2 fully saturated rings. The molecule has 1 saturated heterocycles. The van der Waals surface area contributed by atoms with Gasteiger partial charge in [-0.25, -0.2) is 0 Å². The minimum Gasteiger partial charge on any atom is -0.454 e. The first-order chi connectivity index (χ1) is 14.6. The second-order valence-electron chi connectivity index (χ2n) is 8.63. The topological polar surface area (TPSA) is 72.8 Å². The Bertz CT molecular complexity index is 947. The number of nitrogens with zero attached hydrogens (tertiary/aromatic N) is 2. The Morgan fingerprint density at radius 2 is 1.83 bits per heavy atom. The van der Waals surface area contributed by atoms with E-state index >= 15 is 0 Å². The van der Waals surface area contributed by atoms with Gasteiger partial charge in [-0.05, 0) is 68.4 Å². The average Bonchev–Trinajstić information content (AvgIpc) is 3.47. The maximum atomic E-state index is 12.9. The Morgan fingerprint density at radius 3 is 2.53 bits per heavy atom. The zero-order chi connectivity index (χ0) is 20.7. The highest BCUT2D eigenvalue weighted by Gasteiger charge is 2.49. The summed E-state index contributed by atoms with van der Waals surface area (Å²) in [5, 5.41) is 3.23. The number of ether oxygens (including phenoxy) is 2. The molecule has 158 valence electrons. The fraction of sp³-hybridized carbons (Fsp3) is 0.478. The SMILES string of the molecule is CC(C(=O)N1CCC2(CCC2NC(=O)c2ccc3c(c2)OCO3)CC1)n1cccc1. The summed E-state index contributed by atoms with van der Waals surface area (Å²) in [7, 11) is 0. The molecule has 1 saturated carbocycles. The van der Waals surface area contributed by atoms with Gasteiger partial charge in [0.2, 0.25) is 12.7 Å². The zero-order valence-corrected chi connectivity index (χ0v) is 17.2. The molecule has 7 nitrogen and oxygen atoms in total. The number of carbonyl (C=O) groups excluding carboxylic acids is 2. The molecule has 2 atom stereocenters. The van der Waals surface area contributed by atoms with Crippen LogP contribution in [0.5, 0.6) is 11.5 Å². The van der Waals surface area contributed by atoms with Crippen LogP contribution in [0.25, 0.3) is 0 Å². The Balaban J connectivity index is 1.19. The molecule has 2 aromatic rings. The van der Waals surface area contributed by atoms with Crippen LogP contribution >= 0.6 is 0 Å². The molecule has 2 aliphatic heterocycles. The van der Waals surface area contributed by atoms with E-state index in [1.807, 2.05) is 40.9 Å². The molecule has 3 aliphatic rings. The number of carbonyl (C=O) groups is 2. The minimum absolute atomic E-state index is 0.0721. The van der Waals surface area contributed by atoms with Gasteiger partial charge in [0.1, 0.15) is 6.04 Å². The smallest absolute Gasteiger partial charge is 0.251 e. The molecule has 1 N–H and O–H groups in total. The quantitative estimate of drug-likeness (QED) is 0.843. The van der Waals surface area contributed by atoms with Crippen LogP contribution in [0.1, 0.15) is 49.0 Å². The fourth-order valence-corrected chi connectivity index (χ4v) is 4.97. The van der Waals surface area contributed by atoms with Crippen molar-refractivity contribution in [3.8, 4) is 11.5 Å². The standard InChI is InChI=1S/C23H27N3O4/c1-16(25-10-2-3-11-25)22(28)26-12-8-23(9-13-26)7-6-20(23)24-21(27)17-4-5-18-19(14-17)30-15-29-18/h2-5,10-11,14,16,20H,6-9,12-13,15H2,1H3,(H,24,27). The summed E-state index contributed by atoms with van der Waals surface area (Å²) in [5.41, 5.74) is 0.703. The summed E-state index contributed by atoms with van der Waals surface area (Å²) in [4.78, 5) is 27.6. The van der Waals surface area contributed by atoms with Gasteiger partial charge in [0.15, 0.2) is 11.5 Å². The number of fused-ring (bicyclic) bond motifs is 1. The lowest BCUT2D eigenvalue weighted by atomic mass is 9.59. The molecular weight excluding hydrogens is 382 g/mol. The van der Waals surface area contributed by atoms with Crippen molar-refractivity contribution in [3.63, 3.8) is 0 Å². The van der Waals surface area contributed by atoms with Crippen molar-refractivity contribution < 1.29 is 19.1 Å². The van der Waals surface area contributed by atoms with Gasteiger partial charge < -0.3 is 24.3 Å². The molecule has 2 amide bonds. The summed E-state index contributed by atoms with van der Waals surface area (Å²) >= 11 is 0. The van der Waals surface area contributed by atoms with E-state index in [1.165, 1.54) is 0 Å². The van der Waals surface area contributed by atoms with Gasteiger partial charge in [-0.15, -0.1) is 0 Å². The third-order valence-corrected chi connectivity index (χ3v) is 7.11. The first-order valence-corrected chi connectivity index (χ1v) is 10.7. The summed E-state index contributed by atoms with van der Waals surface area (Å²) in [6.45, 7) is 3.65.